The Morgan fingerprint density at radius 1 is 1.15 bits per heavy atom. The molecule has 1 saturated heterocycles. The van der Waals surface area contributed by atoms with Crippen molar-refractivity contribution in [1.82, 2.24) is 15.6 Å². The fourth-order valence-electron chi connectivity index (χ4n) is 3.63. The Balaban J connectivity index is 0.00000121. The summed E-state index contributed by atoms with van der Waals surface area (Å²) in [6, 6.07) is 14.7. The van der Waals surface area contributed by atoms with Gasteiger partial charge in [-0.25, -0.2) is 0 Å². The number of piperidine rings is 1. The third-order valence-electron chi connectivity index (χ3n) is 4.82. The first-order valence-electron chi connectivity index (χ1n) is 8.53. The molecule has 0 spiro atoms. The molecule has 3 aromatic rings. The van der Waals surface area contributed by atoms with Gasteiger partial charge in [-0.05, 0) is 49.2 Å². The predicted molar refractivity (Wildman–Crippen MR) is 112 cm³/mol. The van der Waals surface area contributed by atoms with Crippen LogP contribution in [-0.4, -0.2) is 29.5 Å². The van der Waals surface area contributed by atoms with Gasteiger partial charge in [-0.1, -0.05) is 30.3 Å². The number of halogens is 2. The van der Waals surface area contributed by atoms with Crippen molar-refractivity contribution >= 4 is 52.4 Å². The molecule has 2 unspecified atom stereocenters. The summed E-state index contributed by atoms with van der Waals surface area (Å²) in [5.41, 5.74) is 1.44. The first-order valence-corrected chi connectivity index (χ1v) is 8.53. The SMILES string of the molecule is CC1CC(NC(=O)c2cc3ccccc3c3cccnc23)CCN1.Cl.Cl. The van der Waals surface area contributed by atoms with Crippen LogP contribution in [0.2, 0.25) is 0 Å². The summed E-state index contributed by atoms with van der Waals surface area (Å²) in [5, 5.41) is 9.85. The molecular formula is C20H23Cl2N3O. The van der Waals surface area contributed by atoms with Crippen LogP contribution in [0.4, 0.5) is 0 Å². The molecule has 4 nitrogen and oxygen atoms in total. The van der Waals surface area contributed by atoms with Gasteiger partial charge in [0.25, 0.3) is 5.91 Å². The average molecular weight is 392 g/mol. The van der Waals surface area contributed by atoms with E-state index < -0.39 is 0 Å². The standard InChI is InChI=1S/C20H21N3O.2ClH/c1-13-11-15(8-10-21-13)23-20(24)18-12-14-5-2-3-6-16(14)17-7-4-9-22-19(17)18;;/h2-7,9,12-13,15,21H,8,10-11H2,1H3,(H,23,24);2*1H. The zero-order chi connectivity index (χ0) is 16.5. The Morgan fingerprint density at radius 2 is 1.92 bits per heavy atom. The molecule has 2 atom stereocenters. The maximum atomic E-state index is 12.9. The zero-order valence-corrected chi connectivity index (χ0v) is 16.2. The van der Waals surface area contributed by atoms with Crippen LogP contribution in [0, 0.1) is 0 Å². The lowest BCUT2D eigenvalue weighted by molar-refractivity contribution is 0.0927. The number of carbonyl (C=O) groups excluding carboxylic acids is 1. The van der Waals surface area contributed by atoms with E-state index in [4.69, 9.17) is 0 Å². The Hall–Kier alpha value is -1.88. The molecule has 1 fully saturated rings. The lowest BCUT2D eigenvalue weighted by Crippen LogP contribution is -2.46. The van der Waals surface area contributed by atoms with Gasteiger partial charge in [-0.15, -0.1) is 24.8 Å². The van der Waals surface area contributed by atoms with Gasteiger partial charge in [0.2, 0.25) is 0 Å². The van der Waals surface area contributed by atoms with Gasteiger partial charge in [0.15, 0.2) is 0 Å². The van der Waals surface area contributed by atoms with Crippen molar-refractivity contribution in [2.45, 2.75) is 31.8 Å². The van der Waals surface area contributed by atoms with E-state index in [0.717, 1.165) is 41.1 Å². The van der Waals surface area contributed by atoms with E-state index in [9.17, 15) is 4.79 Å². The molecule has 4 rings (SSSR count). The Labute approximate surface area is 165 Å². The van der Waals surface area contributed by atoms with Crippen LogP contribution in [0.5, 0.6) is 0 Å². The summed E-state index contributed by atoms with van der Waals surface area (Å²) in [4.78, 5) is 17.4. The zero-order valence-electron chi connectivity index (χ0n) is 14.6. The number of hydrogen-bond donors (Lipinski definition) is 2. The van der Waals surface area contributed by atoms with Crippen molar-refractivity contribution in [2.75, 3.05) is 6.54 Å². The lowest BCUT2D eigenvalue weighted by atomic mass is 9.98. The van der Waals surface area contributed by atoms with Crippen LogP contribution in [0.1, 0.15) is 30.1 Å². The molecule has 1 aliphatic rings. The van der Waals surface area contributed by atoms with E-state index in [0.29, 0.717) is 11.6 Å². The number of pyridine rings is 1. The van der Waals surface area contributed by atoms with Crippen molar-refractivity contribution in [3.05, 3.63) is 54.2 Å². The highest BCUT2D eigenvalue weighted by molar-refractivity contribution is 6.15. The van der Waals surface area contributed by atoms with E-state index in [1.54, 1.807) is 6.20 Å². The quantitative estimate of drug-likeness (QED) is 0.646. The van der Waals surface area contributed by atoms with Gasteiger partial charge in [-0.3, -0.25) is 9.78 Å². The van der Waals surface area contributed by atoms with Crippen molar-refractivity contribution < 1.29 is 4.79 Å². The molecule has 0 radical (unpaired) electrons. The second kappa shape index (κ2) is 8.67. The van der Waals surface area contributed by atoms with Gasteiger partial charge in [0, 0.05) is 23.7 Å². The molecule has 26 heavy (non-hydrogen) atoms. The number of nitrogens with one attached hydrogen (secondary N) is 2. The molecule has 138 valence electrons. The average Bonchev–Trinajstić information content (AvgIpc) is 2.61. The molecule has 1 aliphatic heterocycles. The number of nitrogens with zero attached hydrogens (tertiary/aromatic N) is 1. The highest BCUT2D eigenvalue weighted by atomic mass is 35.5. The first kappa shape index (κ1) is 20.4. The minimum absolute atomic E-state index is 0. The van der Waals surface area contributed by atoms with Crippen LogP contribution < -0.4 is 10.6 Å². The molecule has 0 aliphatic carbocycles. The van der Waals surface area contributed by atoms with Gasteiger partial charge in [0.05, 0.1) is 11.1 Å². The van der Waals surface area contributed by atoms with E-state index in [1.807, 2.05) is 36.4 Å². The smallest absolute Gasteiger partial charge is 0.253 e. The van der Waals surface area contributed by atoms with Crippen molar-refractivity contribution in [3.8, 4) is 0 Å². The number of aromatic nitrogens is 1. The molecule has 0 saturated carbocycles. The van der Waals surface area contributed by atoms with Crippen LogP contribution in [0.25, 0.3) is 21.7 Å². The molecule has 1 aromatic heterocycles. The third kappa shape index (κ3) is 3.93. The minimum Gasteiger partial charge on any atom is -0.349 e. The van der Waals surface area contributed by atoms with Gasteiger partial charge in [0.1, 0.15) is 0 Å². The number of rotatable bonds is 2. The van der Waals surface area contributed by atoms with Gasteiger partial charge in [-0.2, -0.15) is 0 Å². The predicted octanol–water partition coefficient (Wildman–Crippen LogP) is 4.10. The molecule has 6 heteroatoms. The highest BCUT2D eigenvalue weighted by Crippen LogP contribution is 2.27. The highest BCUT2D eigenvalue weighted by Gasteiger charge is 2.22. The molecular weight excluding hydrogens is 369 g/mol. The molecule has 1 amide bonds. The summed E-state index contributed by atoms with van der Waals surface area (Å²) in [6.45, 7) is 3.11. The molecule has 2 heterocycles. The van der Waals surface area contributed by atoms with Crippen molar-refractivity contribution in [2.24, 2.45) is 0 Å². The van der Waals surface area contributed by atoms with E-state index >= 15 is 0 Å². The summed E-state index contributed by atoms with van der Waals surface area (Å²) in [7, 11) is 0. The van der Waals surface area contributed by atoms with Crippen molar-refractivity contribution in [1.29, 1.82) is 0 Å². The Kier molecular flexibility index (Phi) is 6.81. The van der Waals surface area contributed by atoms with Crippen LogP contribution in [0.3, 0.4) is 0 Å². The first-order chi connectivity index (χ1) is 11.7. The molecule has 0 bridgehead atoms. The summed E-state index contributed by atoms with van der Waals surface area (Å²) < 4.78 is 0. The summed E-state index contributed by atoms with van der Waals surface area (Å²) in [5.74, 6) is -0.0245. The normalized spacial score (nSPS) is 19.4. The maximum absolute atomic E-state index is 12.9. The third-order valence-corrected chi connectivity index (χ3v) is 4.82. The van der Waals surface area contributed by atoms with Crippen LogP contribution >= 0.6 is 24.8 Å². The Morgan fingerprint density at radius 3 is 2.73 bits per heavy atom. The van der Waals surface area contributed by atoms with Gasteiger partial charge < -0.3 is 10.6 Å². The summed E-state index contributed by atoms with van der Waals surface area (Å²) >= 11 is 0. The fraction of sp³-hybridized carbons (Fsp3) is 0.300. The van der Waals surface area contributed by atoms with E-state index in [2.05, 4.69) is 28.6 Å². The number of amides is 1. The second-order valence-corrected chi connectivity index (χ2v) is 6.59. The van der Waals surface area contributed by atoms with Crippen molar-refractivity contribution in [3.63, 3.8) is 0 Å². The Bertz CT molecular complexity index is 916. The van der Waals surface area contributed by atoms with E-state index in [-0.39, 0.29) is 36.8 Å². The van der Waals surface area contributed by atoms with Gasteiger partial charge >= 0.3 is 0 Å². The minimum atomic E-state index is -0.0245. The van der Waals surface area contributed by atoms with Crippen LogP contribution in [0.15, 0.2) is 48.7 Å². The monoisotopic (exact) mass is 391 g/mol. The lowest BCUT2D eigenvalue weighted by Gasteiger charge is -2.28. The molecule has 2 N–H and O–H groups in total. The summed E-state index contributed by atoms with van der Waals surface area (Å²) in [6.07, 6.45) is 3.68. The van der Waals surface area contributed by atoms with Crippen LogP contribution in [-0.2, 0) is 0 Å². The topological polar surface area (TPSA) is 54.0 Å². The fourth-order valence-corrected chi connectivity index (χ4v) is 3.63. The second-order valence-electron chi connectivity index (χ2n) is 6.59. The number of fused-ring (bicyclic) bond motifs is 3. The van der Waals surface area contributed by atoms with E-state index in [1.165, 1.54) is 0 Å². The number of hydrogen-bond acceptors (Lipinski definition) is 3. The molecule has 2 aromatic carbocycles. The number of benzene rings is 2. The number of carbonyl (C=O) groups is 1. The maximum Gasteiger partial charge on any atom is 0.253 e. The largest absolute Gasteiger partial charge is 0.349 e.